The van der Waals surface area contributed by atoms with Gasteiger partial charge in [-0.3, -0.25) is 4.99 Å². The second kappa shape index (κ2) is 10.3. The number of aliphatic imine (C=N–C) groups is 1. The van der Waals surface area contributed by atoms with Crippen molar-refractivity contribution in [2.75, 3.05) is 76.2 Å². The lowest BCUT2D eigenvalue weighted by atomic mass is 10.1. The van der Waals surface area contributed by atoms with E-state index in [0.717, 1.165) is 37.1 Å². The van der Waals surface area contributed by atoms with Crippen LogP contribution >= 0.6 is 11.8 Å². The lowest BCUT2D eigenvalue weighted by Crippen LogP contribution is -2.42. The molecule has 0 amide bonds. The van der Waals surface area contributed by atoms with E-state index >= 15 is 0 Å². The van der Waals surface area contributed by atoms with Gasteiger partial charge in [-0.15, -0.1) is 0 Å². The molecule has 0 aliphatic carbocycles. The lowest BCUT2D eigenvalue weighted by molar-refractivity contribution is 0.281. The number of likely N-dealkylation sites (tertiary alicyclic amines) is 2. The second-order valence-electron chi connectivity index (χ2n) is 7.67. The molecule has 0 saturated carbocycles. The molecule has 1 unspecified atom stereocenters. The highest BCUT2D eigenvalue weighted by molar-refractivity contribution is 7.99. The van der Waals surface area contributed by atoms with Gasteiger partial charge in [-0.25, -0.2) is 12.7 Å². The van der Waals surface area contributed by atoms with E-state index in [1.807, 2.05) is 11.8 Å². The standard InChI is InChI=1S/C18H35N5O2S2/c1-2-19-18(20-6-14-27(24,25)23-10-12-26-13-11-23)22-9-5-17(16-22)15-21-7-3-4-8-21/h17H,2-16H2,1H3,(H,19,20). The maximum atomic E-state index is 12.5. The molecule has 1 N–H and O–H groups in total. The average molecular weight is 418 g/mol. The number of nitrogens with one attached hydrogen (secondary N) is 1. The second-order valence-corrected chi connectivity index (χ2v) is 11.0. The monoisotopic (exact) mass is 417 g/mol. The number of hydrogen-bond donors (Lipinski definition) is 1. The van der Waals surface area contributed by atoms with Crippen LogP contribution in [0.15, 0.2) is 4.99 Å². The van der Waals surface area contributed by atoms with Gasteiger partial charge < -0.3 is 15.1 Å². The van der Waals surface area contributed by atoms with Crippen LogP contribution in [-0.4, -0.2) is 105 Å². The molecule has 7 nitrogen and oxygen atoms in total. The van der Waals surface area contributed by atoms with Crippen LogP contribution in [0.25, 0.3) is 0 Å². The summed E-state index contributed by atoms with van der Waals surface area (Å²) in [7, 11) is -3.18. The minimum absolute atomic E-state index is 0.109. The van der Waals surface area contributed by atoms with Gasteiger partial charge in [-0.2, -0.15) is 11.8 Å². The first-order valence-corrected chi connectivity index (χ1v) is 13.2. The summed E-state index contributed by atoms with van der Waals surface area (Å²) in [4.78, 5) is 9.55. The van der Waals surface area contributed by atoms with E-state index in [0.29, 0.717) is 25.6 Å². The Kier molecular flexibility index (Phi) is 8.10. The number of thioether (sulfide) groups is 1. The van der Waals surface area contributed by atoms with E-state index in [1.165, 1.54) is 38.9 Å². The van der Waals surface area contributed by atoms with E-state index in [4.69, 9.17) is 0 Å². The Labute approximate surface area is 169 Å². The van der Waals surface area contributed by atoms with Crippen molar-refractivity contribution in [3.8, 4) is 0 Å². The predicted octanol–water partition coefficient (Wildman–Crippen LogP) is 0.748. The summed E-state index contributed by atoms with van der Waals surface area (Å²) < 4.78 is 26.6. The molecule has 3 aliphatic rings. The molecular formula is C18H35N5O2S2. The number of nitrogens with zero attached hydrogens (tertiary/aromatic N) is 4. The van der Waals surface area contributed by atoms with Crippen molar-refractivity contribution >= 4 is 27.7 Å². The first-order chi connectivity index (χ1) is 13.1. The zero-order valence-electron chi connectivity index (χ0n) is 16.6. The molecule has 156 valence electrons. The molecule has 9 heteroatoms. The van der Waals surface area contributed by atoms with E-state index in [-0.39, 0.29) is 5.75 Å². The molecule has 1 atom stereocenters. The zero-order chi connectivity index (χ0) is 19.1. The molecule has 3 rings (SSSR count). The van der Waals surface area contributed by atoms with Crippen LogP contribution in [0.1, 0.15) is 26.2 Å². The lowest BCUT2D eigenvalue weighted by Gasteiger charge is -2.26. The summed E-state index contributed by atoms with van der Waals surface area (Å²) in [6.45, 7) is 10.2. The maximum absolute atomic E-state index is 12.5. The normalized spacial score (nSPS) is 26.0. The highest BCUT2D eigenvalue weighted by Gasteiger charge is 2.28. The van der Waals surface area contributed by atoms with Gasteiger partial charge in [0.2, 0.25) is 10.0 Å². The number of sulfonamides is 1. The summed E-state index contributed by atoms with van der Waals surface area (Å²) in [6, 6.07) is 0. The van der Waals surface area contributed by atoms with E-state index in [9.17, 15) is 8.42 Å². The highest BCUT2D eigenvalue weighted by Crippen LogP contribution is 2.20. The van der Waals surface area contributed by atoms with Crippen molar-refractivity contribution in [3.63, 3.8) is 0 Å². The number of rotatable bonds is 7. The molecular weight excluding hydrogens is 382 g/mol. The Morgan fingerprint density at radius 1 is 1.15 bits per heavy atom. The predicted molar refractivity (Wildman–Crippen MR) is 114 cm³/mol. The van der Waals surface area contributed by atoms with Gasteiger partial charge >= 0.3 is 0 Å². The van der Waals surface area contributed by atoms with E-state index < -0.39 is 10.0 Å². The Morgan fingerprint density at radius 2 is 1.89 bits per heavy atom. The summed E-state index contributed by atoms with van der Waals surface area (Å²) in [5.74, 6) is 3.49. The minimum atomic E-state index is -3.18. The summed E-state index contributed by atoms with van der Waals surface area (Å²) >= 11 is 1.82. The molecule has 0 spiro atoms. The van der Waals surface area contributed by atoms with Gasteiger partial charge in [-0.05, 0) is 45.2 Å². The Hall–Kier alpha value is -0.510. The molecule has 27 heavy (non-hydrogen) atoms. The van der Waals surface area contributed by atoms with Gasteiger partial charge in [0, 0.05) is 50.8 Å². The van der Waals surface area contributed by atoms with Crippen LogP contribution in [0.2, 0.25) is 0 Å². The summed E-state index contributed by atoms with van der Waals surface area (Å²) in [6.07, 6.45) is 3.88. The topological polar surface area (TPSA) is 68.2 Å². The average Bonchev–Trinajstić information content (AvgIpc) is 3.34. The molecule has 0 aromatic carbocycles. The maximum Gasteiger partial charge on any atom is 0.215 e. The van der Waals surface area contributed by atoms with Crippen LogP contribution in [0.4, 0.5) is 0 Å². The van der Waals surface area contributed by atoms with Crippen LogP contribution in [0, 0.1) is 5.92 Å². The summed E-state index contributed by atoms with van der Waals surface area (Å²) in [5.41, 5.74) is 0. The molecule has 0 bridgehead atoms. The third-order valence-electron chi connectivity index (χ3n) is 5.61. The van der Waals surface area contributed by atoms with Crippen molar-refractivity contribution in [1.82, 2.24) is 19.4 Å². The van der Waals surface area contributed by atoms with Crippen LogP contribution < -0.4 is 5.32 Å². The molecule has 0 radical (unpaired) electrons. The molecule has 3 heterocycles. The molecule has 3 saturated heterocycles. The van der Waals surface area contributed by atoms with E-state index in [1.54, 1.807) is 4.31 Å². The SMILES string of the molecule is CCNC(=NCCS(=O)(=O)N1CCSCC1)N1CCC(CN2CCCC2)C1. The molecule has 3 aliphatic heterocycles. The third-order valence-corrected chi connectivity index (χ3v) is 8.40. The summed E-state index contributed by atoms with van der Waals surface area (Å²) in [5, 5.41) is 3.36. The molecule has 3 fully saturated rings. The number of hydrogen-bond acceptors (Lipinski definition) is 5. The van der Waals surface area contributed by atoms with E-state index in [2.05, 4.69) is 27.0 Å². The fraction of sp³-hybridized carbons (Fsp3) is 0.944. The van der Waals surface area contributed by atoms with Gasteiger partial charge in [0.15, 0.2) is 5.96 Å². The smallest absolute Gasteiger partial charge is 0.215 e. The highest BCUT2D eigenvalue weighted by atomic mass is 32.2. The fourth-order valence-corrected chi connectivity index (χ4v) is 6.60. The Morgan fingerprint density at radius 3 is 2.59 bits per heavy atom. The van der Waals surface area contributed by atoms with Gasteiger partial charge in [0.05, 0.1) is 12.3 Å². The van der Waals surface area contributed by atoms with Crippen molar-refractivity contribution in [2.45, 2.75) is 26.2 Å². The van der Waals surface area contributed by atoms with Crippen LogP contribution in [-0.2, 0) is 10.0 Å². The zero-order valence-corrected chi connectivity index (χ0v) is 18.2. The van der Waals surface area contributed by atoms with Gasteiger partial charge in [-0.1, -0.05) is 0 Å². The van der Waals surface area contributed by atoms with Crippen molar-refractivity contribution in [1.29, 1.82) is 0 Å². The largest absolute Gasteiger partial charge is 0.357 e. The Bertz CT molecular complexity index is 587. The van der Waals surface area contributed by atoms with Crippen molar-refractivity contribution < 1.29 is 8.42 Å². The minimum Gasteiger partial charge on any atom is -0.357 e. The van der Waals surface area contributed by atoms with Crippen LogP contribution in [0.3, 0.4) is 0 Å². The molecule has 0 aromatic rings. The first-order valence-electron chi connectivity index (χ1n) is 10.4. The van der Waals surface area contributed by atoms with Crippen molar-refractivity contribution in [2.24, 2.45) is 10.9 Å². The first kappa shape index (κ1) is 21.2. The Balaban J connectivity index is 1.50. The number of guanidine groups is 1. The third kappa shape index (κ3) is 6.24. The fourth-order valence-electron chi connectivity index (χ4n) is 4.15. The van der Waals surface area contributed by atoms with Crippen LogP contribution in [0.5, 0.6) is 0 Å². The van der Waals surface area contributed by atoms with Gasteiger partial charge in [0.25, 0.3) is 0 Å². The molecule has 0 aromatic heterocycles. The van der Waals surface area contributed by atoms with Gasteiger partial charge in [0.1, 0.15) is 0 Å². The quantitative estimate of drug-likeness (QED) is 0.487. The van der Waals surface area contributed by atoms with Crippen molar-refractivity contribution in [3.05, 3.63) is 0 Å².